The number of amides is 2. The topological polar surface area (TPSA) is 177 Å². The fraction of sp³-hybridized carbons (Fsp3) is 0.562. The summed E-state index contributed by atoms with van der Waals surface area (Å²) < 4.78 is 52.6. The van der Waals surface area contributed by atoms with Crippen LogP contribution in [0.2, 0.25) is 0 Å². The van der Waals surface area contributed by atoms with Crippen LogP contribution in [0.4, 0.5) is 0 Å². The van der Waals surface area contributed by atoms with E-state index in [4.69, 9.17) is 0 Å². The number of aromatic hydroxyl groups is 1. The molecule has 13 nitrogen and oxygen atoms in total. The summed E-state index contributed by atoms with van der Waals surface area (Å²) in [7, 11) is -5.07. The molecule has 0 aliphatic carbocycles. The van der Waals surface area contributed by atoms with Crippen molar-refractivity contribution in [2.45, 2.75) is 82.6 Å². The zero-order valence-corrected chi connectivity index (χ0v) is 30.1. The van der Waals surface area contributed by atoms with Gasteiger partial charge in [-0.25, -0.2) is 26.1 Å². The van der Waals surface area contributed by atoms with Crippen LogP contribution in [0.25, 0.3) is 0 Å². The molecule has 2 aromatic rings. The first-order chi connectivity index (χ1) is 22.0. The molecule has 0 bridgehead atoms. The van der Waals surface area contributed by atoms with Crippen LogP contribution in [-0.4, -0.2) is 111 Å². The smallest absolute Gasteiger partial charge is 0.253 e. The number of benzene rings is 2. The van der Waals surface area contributed by atoms with Gasteiger partial charge >= 0.3 is 0 Å². The van der Waals surface area contributed by atoms with E-state index in [9.17, 15) is 36.6 Å². The minimum absolute atomic E-state index is 0.0309. The number of phenolic OH excluding ortho intramolecular Hbond substituents is 1. The molecule has 0 saturated carbocycles. The van der Waals surface area contributed by atoms with Gasteiger partial charge < -0.3 is 20.4 Å². The maximum Gasteiger partial charge on any atom is 0.253 e. The maximum atomic E-state index is 13.9. The second kappa shape index (κ2) is 17.9. The fourth-order valence-electron chi connectivity index (χ4n) is 4.75. The summed E-state index contributed by atoms with van der Waals surface area (Å²) in [6.45, 7) is 9.79. The monoisotopic (exact) mass is 697 g/mol. The number of sulfonamides is 2. The van der Waals surface area contributed by atoms with Crippen LogP contribution in [0.3, 0.4) is 0 Å². The molecular formula is C32H51N5O8S2. The number of nitrogens with zero attached hydrogens (tertiary/aromatic N) is 3. The molecule has 0 heterocycles. The second-order valence-electron chi connectivity index (χ2n) is 12.0. The van der Waals surface area contributed by atoms with Gasteiger partial charge in [-0.1, -0.05) is 32.9 Å². The summed E-state index contributed by atoms with van der Waals surface area (Å²) in [6.07, 6.45) is 0.738. The van der Waals surface area contributed by atoms with Crippen LogP contribution >= 0.6 is 0 Å². The molecule has 2 rings (SSSR count). The Bertz CT molecular complexity index is 1540. The van der Waals surface area contributed by atoms with E-state index >= 15 is 0 Å². The minimum atomic E-state index is -4.05. The first-order valence-corrected chi connectivity index (χ1v) is 18.8. The van der Waals surface area contributed by atoms with Gasteiger partial charge in [0.05, 0.1) is 22.3 Å². The van der Waals surface area contributed by atoms with Crippen LogP contribution < -0.4 is 10.1 Å². The highest BCUT2D eigenvalue weighted by Gasteiger charge is 2.29. The molecule has 0 spiro atoms. The number of hydrogen-bond donors (Lipinski definition) is 4. The Kier molecular flexibility index (Phi) is 15.3. The molecule has 4 N–H and O–H groups in total. The van der Waals surface area contributed by atoms with Crippen molar-refractivity contribution < 1.29 is 36.6 Å². The lowest BCUT2D eigenvalue weighted by Gasteiger charge is -2.30. The highest BCUT2D eigenvalue weighted by atomic mass is 32.2. The molecule has 2 aromatic carbocycles. The molecule has 0 saturated heterocycles. The van der Waals surface area contributed by atoms with E-state index in [1.807, 2.05) is 20.8 Å². The number of aliphatic hydroxyl groups excluding tert-OH is 1. The van der Waals surface area contributed by atoms with E-state index in [1.165, 1.54) is 63.3 Å². The molecular weight excluding hydrogens is 647 g/mol. The van der Waals surface area contributed by atoms with Crippen LogP contribution in [0.15, 0.2) is 47.4 Å². The molecule has 0 aliphatic rings. The number of hydrazine groups is 1. The summed E-state index contributed by atoms with van der Waals surface area (Å²) in [4.78, 5) is 31.3. The lowest BCUT2D eigenvalue weighted by Crippen LogP contribution is -2.54. The summed E-state index contributed by atoms with van der Waals surface area (Å²) in [5.41, 5.74) is 0.595. The normalized spacial score (nSPS) is 13.6. The zero-order chi connectivity index (χ0) is 35.5. The Balaban J connectivity index is 2.57. The SMILES string of the molecule is CCCN(CC(O)C(Cc1ccc(O)cc1)NC(=O)c1cc(C(=O)N(CCC)CCC)cc(S(=O)(=O)N(C)C)c1)NS(=O)(=O)C(C)C. The Morgan fingerprint density at radius 3 is 1.91 bits per heavy atom. The molecule has 0 radical (unpaired) electrons. The maximum absolute atomic E-state index is 13.9. The number of nitrogens with one attached hydrogen (secondary N) is 2. The number of aliphatic hydroxyl groups is 1. The molecule has 2 amide bonds. The van der Waals surface area contributed by atoms with Crippen molar-refractivity contribution in [3.63, 3.8) is 0 Å². The van der Waals surface area contributed by atoms with Crippen LogP contribution in [0.1, 0.15) is 80.2 Å². The van der Waals surface area contributed by atoms with E-state index in [-0.39, 0.29) is 41.3 Å². The Morgan fingerprint density at radius 1 is 0.851 bits per heavy atom. The van der Waals surface area contributed by atoms with Crippen molar-refractivity contribution in [3.8, 4) is 5.75 Å². The van der Waals surface area contributed by atoms with Gasteiger partial charge in [0.2, 0.25) is 20.0 Å². The number of rotatable bonds is 19. The van der Waals surface area contributed by atoms with Crippen molar-refractivity contribution in [1.29, 1.82) is 0 Å². The highest BCUT2D eigenvalue weighted by Crippen LogP contribution is 2.21. The van der Waals surface area contributed by atoms with Gasteiger partial charge in [0.1, 0.15) is 5.75 Å². The number of carbonyl (C=O) groups is 2. The van der Waals surface area contributed by atoms with Crippen LogP contribution in [-0.2, 0) is 26.5 Å². The standard InChI is InChI=1S/C32H51N5O8S2/c1-8-15-36(16-9-2)32(41)26-19-25(20-28(21-26)47(44,45)35(6)7)31(40)33-29(18-24-11-13-27(38)14-12-24)30(39)22-37(17-10-3)34-46(42,43)23(4)5/h11-14,19-21,23,29-30,34,38-39H,8-10,15-18,22H2,1-7H3,(H,33,40). The lowest BCUT2D eigenvalue weighted by atomic mass is 9.99. The Hall–Kier alpha value is -3.08. The minimum Gasteiger partial charge on any atom is -0.508 e. The predicted molar refractivity (Wildman–Crippen MR) is 182 cm³/mol. The quantitative estimate of drug-likeness (QED) is 0.161. The first kappa shape index (κ1) is 40.1. The molecule has 0 aromatic heterocycles. The third-order valence-electron chi connectivity index (χ3n) is 7.42. The lowest BCUT2D eigenvalue weighted by molar-refractivity contribution is 0.0618. The summed E-state index contributed by atoms with van der Waals surface area (Å²) in [5.74, 6) is -1.12. The van der Waals surface area contributed by atoms with E-state index in [0.29, 0.717) is 37.9 Å². The van der Waals surface area contributed by atoms with E-state index in [1.54, 1.807) is 17.0 Å². The fourth-order valence-corrected chi connectivity index (χ4v) is 6.46. The van der Waals surface area contributed by atoms with Crippen LogP contribution in [0, 0.1) is 0 Å². The van der Waals surface area contributed by atoms with Crippen molar-refractivity contribution in [3.05, 3.63) is 59.2 Å². The Morgan fingerprint density at radius 2 is 1.40 bits per heavy atom. The largest absolute Gasteiger partial charge is 0.508 e. The van der Waals surface area contributed by atoms with Gasteiger partial charge in [0.15, 0.2) is 0 Å². The zero-order valence-electron chi connectivity index (χ0n) is 28.4. The molecule has 2 atom stereocenters. The van der Waals surface area contributed by atoms with Crippen molar-refractivity contribution in [1.82, 2.24) is 24.4 Å². The summed E-state index contributed by atoms with van der Waals surface area (Å²) in [5, 5.41) is 24.7. The van der Waals surface area contributed by atoms with Gasteiger partial charge in [-0.3, -0.25) is 9.59 Å². The van der Waals surface area contributed by atoms with Crippen molar-refractivity contribution >= 4 is 31.9 Å². The van der Waals surface area contributed by atoms with E-state index in [2.05, 4.69) is 10.1 Å². The van der Waals surface area contributed by atoms with Gasteiger partial charge in [-0.05, 0) is 75.4 Å². The first-order valence-electron chi connectivity index (χ1n) is 15.9. The van der Waals surface area contributed by atoms with Gasteiger partial charge in [0, 0.05) is 51.4 Å². The van der Waals surface area contributed by atoms with Gasteiger partial charge in [0.25, 0.3) is 11.8 Å². The average Bonchev–Trinajstić information content (AvgIpc) is 3.00. The Labute approximate surface area is 280 Å². The number of hydrogen-bond acceptors (Lipinski definition) is 9. The van der Waals surface area contributed by atoms with Gasteiger partial charge in [-0.2, -0.15) is 0 Å². The van der Waals surface area contributed by atoms with E-state index < -0.39 is 49.3 Å². The van der Waals surface area contributed by atoms with E-state index in [0.717, 1.165) is 4.31 Å². The summed E-state index contributed by atoms with van der Waals surface area (Å²) >= 11 is 0. The molecule has 0 aliphatic heterocycles. The van der Waals surface area contributed by atoms with Gasteiger partial charge in [-0.15, -0.1) is 4.83 Å². The number of carbonyl (C=O) groups excluding carboxylic acids is 2. The third kappa shape index (κ3) is 11.5. The third-order valence-corrected chi connectivity index (χ3v) is 11.0. The molecule has 15 heteroatoms. The average molecular weight is 698 g/mol. The molecule has 47 heavy (non-hydrogen) atoms. The molecule has 0 fully saturated rings. The number of phenols is 1. The van der Waals surface area contributed by atoms with Crippen LogP contribution in [0.5, 0.6) is 5.75 Å². The second-order valence-corrected chi connectivity index (χ2v) is 16.3. The highest BCUT2D eigenvalue weighted by molar-refractivity contribution is 7.90. The predicted octanol–water partition coefficient (Wildman–Crippen LogP) is 2.56. The van der Waals surface area contributed by atoms with Crippen molar-refractivity contribution in [2.24, 2.45) is 0 Å². The summed E-state index contributed by atoms with van der Waals surface area (Å²) in [6, 6.07) is 9.00. The van der Waals surface area contributed by atoms with Crippen molar-refractivity contribution in [2.75, 3.05) is 40.3 Å². The molecule has 2 unspecified atom stereocenters. The molecule has 264 valence electrons.